The minimum Gasteiger partial charge on any atom is -0.479 e. The van der Waals surface area contributed by atoms with Crippen molar-refractivity contribution in [3.8, 4) is 5.75 Å². The fourth-order valence-corrected chi connectivity index (χ4v) is 10.3. The molecule has 2 aromatic heterocycles. The lowest BCUT2D eigenvalue weighted by atomic mass is 9.84. The van der Waals surface area contributed by atoms with Crippen molar-refractivity contribution < 1.29 is 36.6 Å². The smallest absolute Gasteiger partial charge is 0.263 e. The number of carbonyl (C=O) groups excluding carboxylic acids is 1. The second-order valence-corrected chi connectivity index (χ2v) is 19.3. The molecule has 2 aliphatic heterocycles. The van der Waals surface area contributed by atoms with Crippen LogP contribution in [0.25, 0.3) is 0 Å². The molecule has 14 nitrogen and oxygen atoms in total. The number of anilines is 2. The first kappa shape index (κ1) is 42.7. The van der Waals surface area contributed by atoms with Crippen LogP contribution < -0.4 is 19.5 Å². The molecular weight excluding hydrogens is 856 g/mol. The Labute approximate surface area is 349 Å². The Bertz CT molecular complexity index is 2340. The summed E-state index contributed by atoms with van der Waals surface area (Å²) in [5, 5.41) is 29.6. The average molecular weight is 896 g/mol. The van der Waals surface area contributed by atoms with Crippen LogP contribution in [0.1, 0.15) is 43.7 Å². The standard InChI is InChI=1S/C23H23Cl2N3O5S2.C14H17N3O3S2/c1-15(33-19-4-2-3-18(24)20(19)25)21(29)28-12-9-23(30,10-13-28)16-5-7-17(8-6-16)35(31,32)27-22-26-11-14-34-22;18-14(5-7-15-8-6-14)11-1-3-12(4-2-11)22(19,20)17-13-16-9-10-21-13/h2-8,11,14-15,30H,9-10,12-13H2,1H3,(H,26,27);1-4,9-10,15,18H,5-8H2,(H,16,17)/t15-;/m1./s1. The molecule has 57 heavy (non-hydrogen) atoms. The number of ether oxygens (including phenoxy) is 1. The number of aliphatic hydroxyl groups is 2. The van der Waals surface area contributed by atoms with Crippen molar-refractivity contribution in [2.75, 3.05) is 35.6 Å². The second kappa shape index (κ2) is 18.0. The van der Waals surface area contributed by atoms with Gasteiger partial charge in [0.05, 0.1) is 26.0 Å². The molecule has 1 atom stereocenters. The first-order valence-electron chi connectivity index (χ1n) is 17.7. The molecule has 5 N–H and O–H groups in total. The predicted molar refractivity (Wildman–Crippen MR) is 221 cm³/mol. The zero-order valence-corrected chi connectivity index (χ0v) is 35.2. The van der Waals surface area contributed by atoms with E-state index < -0.39 is 37.4 Å². The number of hydrogen-bond donors (Lipinski definition) is 5. The van der Waals surface area contributed by atoms with E-state index in [1.165, 1.54) is 59.3 Å². The van der Waals surface area contributed by atoms with Gasteiger partial charge in [-0.2, -0.15) is 0 Å². The lowest BCUT2D eigenvalue weighted by molar-refractivity contribution is -0.142. The number of carbonyl (C=O) groups is 1. The van der Waals surface area contributed by atoms with E-state index in [4.69, 9.17) is 27.9 Å². The van der Waals surface area contributed by atoms with Gasteiger partial charge in [-0.05, 0) is 93.2 Å². The van der Waals surface area contributed by atoms with Gasteiger partial charge in [-0.1, -0.05) is 53.5 Å². The highest BCUT2D eigenvalue weighted by molar-refractivity contribution is 7.93. The minimum absolute atomic E-state index is 0.0679. The van der Waals surface area contributed by atoms with Crippen LogP contribution in [0.5, 0.6) is 5.75 Å². The van der Waals surface area contributed by atoms with E-state index in [9.17, 15) is 31.8 Å². The number of aromatic nitrogens is 2. The third-order valence-electron chi connectivity index (χ3n) is 9.61. The van der Waals surface area contributed by atoms with Crippen LogP contribution in [0.4, 0.5) is 10.3 Å². The summed E-state index contributed by atoms with van der Waals surface area (Å²) in [7, 11) is -7.43. The number of thiazole rings is 2. The number of sulfonamides is 2. The van der Waals surface area contributed by atoms with Crippen molar-refractivity contribution in [2.45, 2.75) is 59.7 Å². The highest BCUT2D eigenvalue weighted by Gasteiger charge is 2.37. The Hall–Kier alpha value is -3.85. The second-order valence-electron chi connectivity index (χ2n) is 13.4. The van der Waals surface area contributed by atoms with E-state index in [0.717, 1.165) is 18.7 Å². The molecule has 3 aromatic carbocycles. The van der Waals surface area contributed by atoms with Crippen molar-refractivity contribution in [3.63, 3.8) is 0 Å². The van der Waals surface area contributed by atoms with Gasteiger partial charge in [-0.25, -0.2) is 26.8 Å². The van der Waals surface area contributed by atoms with Crippen LogP contribution in [0.3, 0.4) is 0 Å². The van der Waals surface area contributed by atoms with E-state index in [2.05, 4.69) is 24.7 Å². The largest absolute Gasteiger partial charge is 0.479 e. The van der Waals surface area contributed by atoms with Crippen molar-refractivity contribution in [3.05, 3.63) is 111 Å². The number of nitrogens with one attached hydrogen (secondary N) is 3. The molecule has 2 aliphatic rings. The zero-order chi connectivity index (χ0) is 40.8. The first-order chi connectivity index (χ1) is 27.1. The van der Waals surface area contributed by atoms with Crippen molar-refractivity contribution in [1.82, 2.24) is 20.2 Å². The molecule has 2 saturated heterocycles. The average Bonchev–Trinajstić information content (AvgIpc) is 3.92. The number of amides is 1. The van der Waals surface area contributed by atoms with E-state index in [-0.39, 0.29) is 25.9 Å². The maximum atomic E-state index is 12.9. The number of nitrogens with zero attached hydrogens (tertiary/aromatic N) is 3. The topological polar surface area (TPSA) is 200 Å². The summed E-state index contributed by atoms with van der Waals surface area (Å²) in [6.07, 6.45) is 4.11. The number of rotatable bonds is 11. The van der Waals surface area contributed by atoms with Gasteiger partial charge in [0.25, 0.3) is 26.0 Å². The van der Waals surface area contributed by atoms with Crippen molar-refractivity contribution >= 4 is 82.1 Å². The normalized spacial score (nSPS) is 17.1. The van der Waals surface area contributed by atoms with Gasteiger partial charge in [0.1, 0.15) is 10.8 Å². The summed E-state index contributed by atoms with van der Waals surface area (Å²) < 4.78 is 60.2. The molecule has 0 spiro atoms. The molecule has 1 amide bonds. The van der Waals surface area contributed by atoms with E-state index in [1.54, 1.807) is 65.0 Å². The quantitative estimate of drug-likeness (QED) is 0.104. The van der Waals surface area contributed by atoms with Crippen LogP contribution in [0.15, 0.2) is 99.7 Å². The van der Waals surface area contributed by atoms with Crippen molar-refractivity contribution in [1.29, 1.82) is 0 Å². The monoisotopic (exact) mass is 894 g/mol. The molecule has 20 heteroatoms. The van der Waals surface area contributed by atoms with Gasteiger partial charge in [0.2, 0.25) is 0 Å². The Morgan fingerprint density at radius 3 is 1.72 bits per heavy atom. The molecule has 5 aromatic rings. The Balaban J connectivity index is 0.000000214. The number of benzene rings is 3. The fourth-order valence-electron chi connectivity index (χ4n) is 6.37. The van der Waals surface area contributed by atoms with E-state index >= 15 is 0 Å². The van der Waals surface area contributed by atoms with Crippen LogP contribution in [0.2, 0.25) is 10.0 Å². The van der Waals surface area contributed by atoms with Crippen LogP contribution in [-0.2, 0) is 36.0 Å². The summed E-state index contributed by atoms with van der Waals surface area (Å²) in [5.41, 5.74) is -0.715. The van der Waals surface area contributed by atoms with Crippen molar-refractivity contribution in [2.24, 2.45) is 0 Å². The summed E-state index contributed by atoms with van der Waals surface area (Å²) in [4.78, 5) is 22.6. The Morgan fingerprint density at radius 2 is 1.26 bits per heavy atom. The van der Waals surface area contributed by atoms with Gasteiger partial charge >= 0.3 is 0 Å². The Kier molecular flexibility index (Phi) is 13.5. The molecule has 0 radical (unpaired) electrons. The number of piperidine rings is 2. The predicted octanol–water partition coefficient (Wildman–Crippen LogP) is 6.04. The molecule has 0 bridgehead atoms. The van der Waals surface area contributed by atoms with Gasteiger partial charge < -0.3 is 25.2 Å². The van der Waals surface area contributed by atoms with Gasteiger partial charge in [-0.3, -0.25) is 14.2 Å². The minimum atomic E-state index is -3.78. The molecule has 304 valence electrons. The van der Waals surface area contributed by atoms with Gasteiger partial charge in [0, 0.05) is 36.2 Å². The maximum Gasteiger partial charge on any atom is 0.263 e. The van der Waals surface area contributed by atoms with Crippen LogP contribution in [0, 0.1) is 0 Å². The zero-order valence-electron chi connectivity index (χ0n) is 30.5. The van der Waals surface area contributed by atoms with E-state index in [0.29, 0.717) is 60.2 Å². The summed E-state index contributed by atoms with van der Waals surface area (Å²) in [6, 6.07) is 17.5. The molecule has 7 rings (SSSR count). The highest BCUT2D eigenvalue weighted by Crippen LogP contribution is 2.36. The van der Waals surface area contributed by atoms with E-state index in [1.807, 2.05) is 0 Å². The number of halogens is 2. The lowest BCUT2D eigenvalue weighted by Crippen LogP contribution is -2.49. The molecule has 4 heterocycles. The molecule has 0 saturated carbocycles. The SMILES string of the molecule is C[C@@H](Oc1cccc(Cl)c1Cl)C(=O)N1CCC(O)(c2ccc(S(=O)(=O)Nc3nccs3)cc2)CC1.O=S(=O)(Nc1nccs1)c1ccc(C2(O)CCNCC2)cc1. The summed E-state index contributed by atoms with van der Waals surface area (Å²) in [5.74, 6) is 0.103. The van der Waals surface area contributed by atoms with Crippen LogP contribution in [-0.4, -0.2) is 80.1 Å². The highest BCUT2D eigenvalue weighted by atomic mass is 35.5. The van der Waals surface area contributed by atoms with Gasteiger partial charge in [0.15, 0.2) is 16.4 Å². The maximum absolute atomic E-state index is 12.9. The molecule has 0 unspecified atom stereocenters. The third kappa shape index (κ3) is 10.4. The number of likely N-dealkylation sites (tertiary alicyclic amines) is 1. The summed E-state index contributed by atoms with van der Waals surface area (Å²) >= 11 is 14.6. The molecular formula is C37H40Cl2N6O8S4. The number of hydrogen-bond acceptors (Lipinski definition) is 13. The molecule has 0 aliphatic carbocycles. The summed E-state index contributed by atoms with van der Waals surface area (Å²) in [6.45, 7) is 3.78. The lowest BCUT2D eigenvalue weighted by Gasteiger charge is -2.39. The Morgan fingerprint density at radius 1 is 0.789 bits per heavy atom. The van der Waals surface area contributed by atoms with Crippen LogP contribution >= 0.6 is 45.9 Å². The molecule has 2 fully saturated rings. The first-order valence-corrected chi connectivity index (χ1v) is 23.2. The third-order valence-corrected chi connectivity index (χ3v) is 14.8. The van der Waals surface area contributed by atoms with Gasteiger partial charge in [-0.15, -0.1) is 22.7 Å². The fraction of sp³-hybridized carbons (Fsp3) is 0.324.